The number of benzene rings is 2. The predicted molar refractivity (Wildman–Crippen MR) is 99.0 cm³/mol. The van der Waals surface area contributed by atoms with E-state index in [9.17, 15) is 4.21 Å². The summed E-state index contributed by atoms with van der Waals surface area (Å²) < 4.78 is 32.7. The van der Waals surface area contributed by atoms with Gasteiger partial charge >= 0.3 is 0 Å². The summed E-state index contributed by atoms with van der Waals surface area (Å²) in [4.78, 5) is 4.37. The zero-order valence-electron chi connectivity index (χ0n) is 13.6. The van der Waals surface area contributed by atoms with Gasteiger partial charge < -0.3 is 14.8 Å². The van der Waals surface area contributed by atoms with Gasteiger partial charge in [-0.05, 0) is 36.4 Å². The van der Waals surface area contributed by atoms with Crippen molar-refractivity contribution in [2.45, 2.75) is 0 Å². The monoisotopic (exact) mass is 359 g/mol. The van der Waals surface area contributed by atoms with E-state index in [0.29, 0.717) is 17.2 Å². The lowest BCUT2D eigenvalue weighted by molar-refractivity contribution is 0.356. The topological polar surface area (TPSA) is 92.7 Å². The quantitative estimate of drug-likeness (QED) is 0.583. The van der Waals surface area contributed by atoms with Crippen LogP contribution in [0.4, 0.5) is 17.1 Å². The van der Waals surface area contributed by atoms with Gasteiger partial charge in [-0.3, -0.25) is 14.3 Å². The maximum atomic E-state index is 10.8. The minimum atomic E-state index is -2.09. The van der Waals surface area contributed by atoms with Crippen molar-refractivity contribution in [1.82, 2.24) is 4.98 Å². The van der Waals surface area contributed by atoms with E-state index in [1.165, 1.54) is 0 Å². The van der Waals surface area contributed by atoms with Gasteiger partial charge in [0, 0.05) is 34.7 Å². The molecule has 0 bridgehead atoms. The molecule has 7 nitrogen and oxygen atoms in total. The second kappa shape index (κ2) is 7.37. The highest BCUT2D eigenvalue weighted by Crippen LogP contribution is 2.35. The Morgan fingerprint density at radius 1 is 1.00 bits per heavy atom. The fraction of sp³-hybridized carbons (Fsp3) is 0.118. The molecule has 0 aliphatic carbocycles. The van der Waals surface area contributed by atoms with E-state index in [1.807, 2.05) is 30.3 Å². The second-order valence-corrected chi connectivity index (χ2v) is 5.84. The van der Waals surface area contributed by atoms with Gasteiger partial charge in [-0.15, -0.1) is 0 Å². The number of aromatic nitrogens is 1. The van der Waals surface area contributed by atoms with E-state index < -0.39 is 11.3 Å². The largest absolute Gasteiger partial charge is 0.493 e. The molecule has 1 heterocycles. The molecule has 0 amide bonds. The highest BCUT2D eigenvalue weighted by molar-refractivity contribution is 7.80. The van der Waals surface area contributed by atoms with Gasteiger partial charge in [0.15, 0.2) is 11.5 Å². The van der Waals surface area contributed by atoms with E-state index in [2.05, 4.69) is 15.0 Å². The average molecular weight is 359 g/mol. The number of ether oxygens (including phenoxy) is 2. The van der Waals surface area contributed by atoms with Crippen molar-refractivity contribution >= 4 is 39.2 Å². The minimum Gasteiger partial charge on any atom is -0.493 e. The van der Waals surface area contributed by atoms with Gasteiger partial charge in [0.1, 0.15) is 0 Å². The normalized spacial score (nSPS) is 11.8. The molecular weight excluding hydrogens is 342 g/mol. The maximum Gasteiger partial charge on any atom is 0.259 e. The molecule has 8 heteroatoms. The van der Waals surface area contributed by atoms with E-state index >= 15 is 0 Å². The fourth-order valence-electron chi connectivity index (χ4n) is 2.46. The minimum absolute atomic E-state index is 0.553. The van der Waals surface area contributed by atoms with Crippen molar-refractivity contribution in [3.05, 3.63) is 48.7 Å². The first kappa shape index (κ1) is 17.0. The molecule has 0 saturated carbocycles. The van der Waals surface area contributed by atoms with Crippen LogP contribution in [0.3, 0.4) is 0 Å². The third-order valence-electron chi connectivity index (χ3n) is 3.62. The number of rotatable bonds is 6. The lowest BCUT2D eigenvalue weighted by Gasteiger charge is -2.13. The molecule has 0 saturated heterocycles. The van der Waals surface area contributed by atoms with Gasteiger partial charge in [0.2, 0.25) is 0 Å². The number of fused-ring (bicyclic) bond motifs is 1. The Balaban J connectivity index is 1.94. The van der Waals surface area contributed by atoms with Crippen LogP contribution in [0.2, 0.25) is 0 Å². The van der Waals surface area contributed by atoms with Crippen LogP contribution in [-0.2, 0) is 11.3 Å². The molecule has 25 heavy (non-hydrogen) atoms. The third-order valence-corrected chi connectivity index (χ3v) is 4.03. The van der Waals surface area contributed by atoms with Crippen molar-refractivity contribution in [3.8, 4) is 11.5 Å². The Kier molecular flexibility index (Phi) is 5.01. The Labute approximate surface area is 147 Å². The van der Waals surface area contributed by atoms with Crippen molar-refractivity contribution in [3.63, 3.8) is 0 Å². The first-order valence-corrected chi connectivity index (χ1v) is 8.46. The highest BCUT2D eigenvalue weighted by atomic mass is 32.2. The Morgan fingerprint density at radius 3 is 2.28 bits per heavy atom. The van der Waals surface area contributed by atoms with Crippen molar-refractivity contribution < 1.29 is 18.2 Å². The fourth-order valence-corrected chi connectivity index (χ4v) is 2.80. The first-order chi connectivity index (χ1) is 12.1. The SMILES string of the molecule is COc1cc2nccc(Nc3ccc(NS(=O)O)cc3)c2cc1OC. The smallest absolute Gasteiger partial charge is 0.259 e. The van der Waals surface area contributed by atoms with E-state index in [-0.39, 0.29) is 0 Å². The lowest BCUT2D eigenvalue weighted by Crippen LogP contribution is -2.01. The molecule has 1 aromatic heterocycles. The molecule has 0 radical (unpaired) electrons. The molecule has 1 unspecified atom stereocenters. The Hall–Kier alpha value is -2.84. The zero-order chi connectivity index (χ0) is 17.8. The Morgan fingerprint density at radius 2 is 1.64 bits per heavy atom. The summed E-state index contributed by atoms with van der Waals surface area (Å²) in [5.41, 5.74) is 3.02. The van der Waals surface area contributed by atoms with Gasteiger partial charge in [0.25, 0.3) is 11.3 Å². The van der Waals surface area contributed by atoms with Crippen molar-refractivity contribution in [1.29, 1.82) is 0 Å². The zero-order valence-corrected chi connectivity index (χ0v) is 14.5. The lowest BCUT2D eigenvalue weighted by atomic mass is 10.1. The predicted octanol–water partition coefficient (Wildman–Crippen LogP) is 3.54. The Bertz CT molecular complexity index is 916. The average Bonchev–Trinajstić information content (AvgIpc) is 2.62. The molecule has 0 fully saturated rings. The second-order valence-electron chi connectivity index (χ2n) is 5.14. The molecule has 2 aromatic carbocycles. The maximum absolute atomic E-state index is 10.8. The number of hydrogen-bond donors (Lipinski definition) is 3. The number of nitrogens with zero attached hydrogens (tertiary/aromatic N) is 1. The summed E-state index contributed by atoms with van der Waals surface area (Å²) >= 11 is -2.09. The molecule has 0 spiro atoms. The van der Waals surface area contributed by atoms with Crippen molar-refractivity contribution in [2.75, 3.05) is 24.3 Å². The summed E-state index contributed by atoms with van der Waals surface area (Å²) in [7, 11) is 3.17. The number of methoxy groups -OCH3 is 2. The first-order valence-electron chi connectivity index (χ1n) is 7.36. The molecule has 130 valence electrons. The molecule has 0 aliphatic heterocycles. The number of hydrogen-bond acceptors (Lipinski definition) is 5. The van der Waals surface area contributed by atoms with Crippen LogP contribution in [0.1, 0.15) is 0 Å². The van der Waals surface area contributed by atoms with Crippen LogP contribution in [0.5, 0.6) is 11.5 Å². The van der Waals surface area contributed by atoms with Gasteiger partial charge in [-0.25, -0.2) is 4.21 Å². The standard InChI is InChI=1S/C17H17N3O4S/c1-23-16-9-13-14(7-8-18-15(13)10-17(16)24-2)19-11-3-5-12(6-4-11)20-25(21)22/h3-10,20H,1-2H3,(H,18,19)(H,21,22). The molecule has 0 aliphatic rings. The molecule has 3 aromatic rings. The molecular formula is C17H17N3O4S. The molecule has 3 N–H and O–H groups in total. The van der Waals surface area contributed by atoms with Crippen LogP contribution in [0, 0.1) is 0 Å². The number of pyridine rings is 1. The van der Waals surface area contributed by atoms with Crippen molar-refractivity contribution in [2.24, 2.45) is 0 Å². The van der Waals surface area contributed by atoms with E-state index in [4.69, 9.17) is 14.0 Å². The highest BCUT2D eigenvalue weighted by Gasteiger charge is 2.10. The molecule has 1 atom stereocenters. The van der Waals surface area contributed by atoms with Crippen LogP contribution in [-0.4, -0.2) is 28.0 Å². The number of nitrogens with one attached hydrogen (secondary N) is 2. The van der Waals surface area contributed by atoms with Gasteiger partial charge in [-0.2, -0.15) is 0 Å². The van der Waals surface area contributed by atoms with Crippen LogP contribution in [0.15, 0.2) is 48.7 Å². The van der Waals surface area contributed by atoms with Gasteiger partial charge in [0.05, 0.1) is 19.7 Å². The van der Waals surface area contributed by atoms with E-state index in [1.54, 1.807) is 32.5 Å². The summed E-state index contributed by atoms with van der Waals surface area (Å²) in [6, 6.07) is 12.6. The number of anilines is 3. The molecule has 3 rings (SSSR count). The summed E-state index contributed by atoms with van der Waals surface area (Å²) in [6.45, 7) is 0. The van der Waals surface area contributed by atoms with Crippen LogP contribution < -0.4 is 19.5 Å². The summed E-state index contributed by atoms with van der Waals surface area (Å²) in [5.74, 6) is 1.24. The van der Waals surface area contributed by atoms with Crippen LogP contribution >= 0.6 is 0 Å². The van der Waals surface area contributed by atoms with Crippen LogP contribution in [0.25, 0.3) is 10.9 Å². The summed E-state index contributed by atoms with van der Waals surface area (Å²) in [5, 5.41) is 4.20. The van der Waals surface area contributed by atoms with Gasteiger partial charge in [-0.1, -0.05) is 0 Å². The summed E-state index contributed by atoms with van der Waals surface area (Å²) in [6.07, 6.45) is 1.71. The third kappa shape index (κ3) is 3.81. The van der Waals surface area contributed by atoms with E-state index in [0.717, 1.165) is 22.3 Å².